The van der Waals surface area contributed by atoms with Gasteiger partial charge in [0.25, 0.3) is 11.8 Å². The van der Waals surface area contributed by atoms with Crippen molar-refractivity contribution in [1.82, 2.24) is 10.3 Å². The number of halogens is 1. The zero-order valence-electron chi connectivity index (χ0n) is 17.5. The number of nitrogens with zero attached hydrogens (tertiary/aromatic N) is 1. The maximum atomic E-state index is 12.8. The number of carbonyl (C=O) groups is 3. The smallest absolute Gasteiger partial charge is 0.259 e. The first-order chi connectivity index (χ1) is 15.9. The molecule has 4 N–H and O–H groups in total. The molecule has 8 nitrogen and oxygen atoms in total. The maximum Gasteiger partial charge on any atom is 0.259 e. The molecule has 0 aliphatic carbocycles. The molecule has 1 atom stereocenters. The van der Waals surface area contributed by atoms with E-state index >= 15 is 0 Å². The number of pyridine rings is 1. The minimum atomic E-state index is -0.560. The number of aromatic hydroxyl groups is 1. The van der Waals surface area contributed by atoms with E-state index in [1.165, 1.54) is 30.5 Å². The number of hydrogen-bond acceptors (Lipinski definition) is 5. The molecule has 0 spiro atoms. The SMILES string of the molecule is O=C(Nc1c(O)cccc1C(=O)Nc1ccc(Cl)cn1)c1ccc(C2CCCNC2=O)cc1. The van der Waals surface area contributed by atoms with Crippen molar-refractivity contribution in [1.29, 1.82) is 0 Å². The fraction of sp³-hybridized carbons (Fsp3) is 0.167. The number of phenols is 1. The monoisotopic (exact) mass is 464 g/mol. The third-order valence-electron chi connectivity index (χ3n) is 5.36. The Morgan fingerprint density at radius 3 is 2.52 bits per heavy atom. The predicted octanol–water partition coefficient (Wildman–Crippen LogP) is 3.94. The van der Waals surface area contributed by atoms with Crippen molar-refractivity contribution in [2.45, 2.75) is 18.8 Å². The topological polar surface area (TPSA) is 120 Å². The lowest BCUT2D eigenvalue weighted by atomic mass is 9.90. The van der Waals surface area contributed by atoms with Gasteiger partial charge in [0.15, 0.2) is 0 Å². The van der Waals surface area contributed by atoms with E-state index < -0.39 is 11.8 Å². The molecule has 3 amide bonds. The summed E-state index contributed by atoms with van der Waals surface area (Å²) >= 11 is 5.81. The number of rotatable bonds is 5. The molecule has 2 heterocycles. The number of para-hydroxylation sites is 1. The molecule has 3 aromatic rings. The molecular formula is C24H21ClN4O4. The van der Waals surface area contributed by atoms with Crippen molar-refractivity contribution < 1.29 is 19.5 Å². The highest BCUT2D eigenvalue weighted by Crippen LogP contribution is 2.29. The number of nitrogens with one attached hydrogen (secondary N) is 3. The Hall–Kier alpha value is -3.91. The van der Waals surface area contributed by atoms with E-state index in [9.17, 15) is 19.5 Å². The van der Waals surface area contributed by atoms with Crippen LogP contribution in [-0.2, 0) is 4.79 Å². The number of carbonyl (C=O) groups excluding carboxylic acids is 3. The number of benzene rings is 2. The first-order valence-corrected chi connectivity index (χ1v) is 10.7. The van der Waals surface area contributed by atoms with Gasteiger partial charge in [0.2, 0.25) is 5.91 Å². The average molecular weight is 465 g/mol. The van der Waals surface area contributed by atoms with E-state index in [1.54, 1.807) is 30.3 Å². The van der Waals surface area contributed by atoms with E-state index in [1.807, 2.05) is 0 Å². The van der Waals surface area contributed by atoms with Gasteiger partial charge in [-0.15, -0.1) is 0 Å². The van der Waals surface area contributed by atoms with Gasteiger partial charge in [0.05, 0.1) is 22.2 Å². The standard InChI is InChI=1S/C24H21ClN4O4/c25-16-10-11-20(27-13-16)28-24(33)18-3-1-5-19(30)21(18)29-22(31)15-8-6-14(7-9-15)17-4-2-12-26-23(17)32/h1,3,5-11,13,17,30H,2,4,12H2,(H,26,32)(H,29,31)(H,27,28,33). The molecule has 1 unspecified atom stereocenters. The molecular weight excluding hydrogens is 444 g/mol. The summed E-state index contributed by atoms with van der Waals surface area (Å²) in [6, 6.07) is 14.2. The molecule has 1 aliphatic rings. The van der Waals surface area contributed by atoms with Gasteiger partial charge in [-0.3, -0.25) is 14.4 Å². The summed E-state index contributed by atoms with van der Waals surface area (Å²) in [5, 5.41) is 18.8. The van der Waals surface area contributed by atoms with Gasteiger partial charge in [-0.2, -0.15) is 0 Å². The van der Waals surface area contributed by atoms with Gasteiger partial charge < -0.3 is 21.1 Å². The normalized spacial score (nSPS) is 15.4. The molecule has 0 bridgehead atoms. The van der Waals surface area contributed by atoms with Gasteiger partial charge in [0, 0.05) is 18.3 Å². The van der Waals surface area contributed by atoms with E-state index in [0.717, 1.165) is 18.4 Å². The molecule has 168 valence electrons. The van der Waals surface area contributed by atoms with Crippen molar-refractivity contribution in [3.63, 3.8) is 0 Å². The second kappa shape index (κ2) is 9.70. The summed E-state index contributed by atoms with van der Waals surface area (Å²) < 4.78 is 0. The van der Waals surface area contributed by atoms with Gasteiger partial charge in [-0.05, 0) is 54.8 Å². The molecule has 4 rings (SSSR count). The van der Waals surface area contributed by atoms with Crippen LogP contribution in [0.4, 0.5) is 11.5 Å². The van der Waals surface area contributed by atoms with Crippen molar-refractivity contribution >= 4 is 40.8 Å². The fourth-order valence-corrected chi connectivity index (χ4v) is 3.75. The number of hydrogen-bond donors (Lipinski definition) is 4. The Balaban J connectivity index is 1.51. The predicted molar refractivity (Wildman–Crippen MR) is 125 cm³/mol. The Labute approximate surface area is 195 Å². The Morgan fingerprint density at radius 2 is 1.82 bits per heavy atom. The number of piperidine rings is 1. The summed E-state index contributed by atoms with van der Waals surface area (Å²) in [7, 11) is 0. The van der Waals surface area contributed by atoms with Gasteiger partial charge in [-0.1, -0.05) is 29.8 Å². The quantitative estimate of drug-likeness (QED) is 0.426. The van der Waals surface area contributed by atoms with Gasteiger partial charge in [-0.25, -0.2) is 4.98 Å². The second-order valence-electron chi connectivity index (χ2n) is 7.58. The van der Waals surface area contributed by atoms with Crippen LogP contribution in [0.15, 0.2) is 60.8 Å². The lowest BCUT2D eigenvalue weighted by Gasteiger charge is -2.22. The first-order valence-electron chi connectivity index (χ1n) is 10.4. The Morgan fingerprint density at radius 1 is 1.03 bits per heavy atom. The maximum absolute atomic E-state index is 12.8. The number of aromatic nitrogens is 1. The van der Waals surface area contributed by atoms with Crippen LogP contribution in [0, 0.1) is 0 Å². The van der Waals surface area contributed by atoms with Crippen LogP contribution in [0.3, 0.4) is 0 Å². The van der Waals surface area contributed by atoms with E-state index in [-0.39, 0.29) is 34.6 Å². The van der Waals surface area contributed by atoms with Crippen LogP contribution in [0.5, 0.6) is 5.75 Å². The number of amides is 3. The Bertz CT molecular complexity index is 1200. The zero-order chi connectivity index (χ0) is 23.4. The molecule has 0 saturated carbocycles. The van der Waals surface area contributed by atoms with Gasteiger partial charge in [0.1, 0.15) is 11.6 Å². The van der Waals surface area contributed by atoms with E-state index in [4.69, 9.17) is 11.6 Å². The molecule has 1 aliphatic heterocycles. The van der Waals surface area contributed by atoms with Crippen molar-refractivity contribution in [3.05, 3.63) is 82.5 Å². The van der Waals surface area contributed by atoms with Crippen molar-refractivity contribution in [2.75, 3.05) is 17.2 Å². The minimum absolute atomic E-state index is 0.0153. The van der Waals surface area contributed by atoms with Crippen LogP contribution >= 0.6 is 11.6 Å². The number of anilines is 2. The molecule has 2 aromatic carbocycles. The van der Waals surface area contributed by atoms with Crippen LogP contribution in [-0.4, -0.2) is 34.4 Å². The van der Waals surface area contributed by atoms with E-state index in [2.05, 4.69) is 20.9 Å². The fourth-order valence-electron chi connectivity index (χ4n) is 3.64. The van der Waals surface area contributed by atoms with Crippen molar-refractivity contribution in [2.24, 2.45) is 0 Å². The summed E-state index contributed by atoms with van der Waals surface area (Å²) in [6.45, 7) is 0.681. The summed E-state index contributed by atoms with van der Waals surface area (Å²) in [5.41, 5.74) is 1.20. The zero-order valence-corrected chi connectivity index (χ0v) is 18.2. The molecule has 1 fully saturated rings. The lowest BCUT2D eigenvalue weighted by Crippen LogP contribution is -2.35. The molecule has 1 saturated heterocycles. The summed E-state index contributed by atoms with van der Waals surface area (Å²) in [5.74, 6) is -1.29. The van der Waals surface area contributed by atoms with Crippen LogP contribution < -0.4 is 16.0 Å². The number of phenolic OH excluding ortho intramolecular Hbond substituents is 1. The average Bonchev–Trinajstić information content (AvgIpc) is 2.82. The largest absolute Gasteiger partial charge is 0.506 e. The highest BCUT2D eigenvalue weighted by atomic mass is 35.5. The van der Waals surface area contributed by atoms with Crippen LogP contribution in [0.25, 0.3) is 0 Å². The third-order valence-corrected chi connectivity index (χ3v) is 5.58. The molecule has 0 radical (unpaired) electrons. The molecule has 1 aromatic heterocycles. The molecule has 33 heavy (non-hydrogen) atoms. The Kier molecular flexibility index (Phi) is 6.55. The molecule has 9 heteroatoms. The van der Waals surface area contributed by atoms with Crippen molar-refractivity contribution in [3.8, 4) is 5.75 Å². The summed E-state index contributed by atoms with van der Waals surface area (Å²) in [6.07, 6.45) is 3.06. The van der Waals surface area contributed by atoms with Crippen LogP contribution in [0.1, 0.15) is 45.0 Å². The van der Waals surface area contributed by atoms with Gasteiger partial charge >= 0.3 is 0 Å². The van der Waals surface area contributed by atoms with E-state index in [0.29, 0.717) is 17.1 Å². The van der Waals surface area contributed by atoms with Crippen LogP contribution in [0.2, 0.25) is 5.02 Å². The first kappa shape index (κ1) is 22.3. The summed E-state index contributed by atoms with van der Waals surface area (Å²) in [4.78, 5) is 41.7. The third kappa shape index (κ3) is 5.12. The minimum Gasteiger partial charge on any atom is -0.506 e. The highest BCUT2D eigenvalue weighted by molar-refractivity contribution is 6.30. The second-order valence-corrected chi connectivity index (χ2v) is 8.01. The highest BCUT2D eigenvalue weighted by Gasteiger charge is 2.24. The lowest BCUT2D eigenvalue weighted by molar-refractivity contribution is -0.123.